The smallest absolute Gasteiger partial charge is 0.244 e. The standard InChI is InChI=1S/C28H30N2O6S/c1-34-23-8-10-24(11-9-23)37(32,33)30-18-21-7-5-4-6-19(21)14-25(30)28(31)29-13-12-20-15-26(35-2)27(36-3)16-22(20)17-29/h4-11,15-16,25H,12-14,17-18H2,1-3H3. The van der Waals surface area contributed by atoms with Gasteiger partial charge < -0.3 is 19.1 Å². The molecular formula is C28H30N2O6S. The van der Waals surface area contributed by atoms with Crippen LogP contribution in [0.5, 0.6) is 17.2 Å². The van der Waals surface area contributed by atoms with Gasteiger partial charge in [0.25, 0.3) is 0 Å². The lowest BCUT2D eigenvalue weighted by Gasteiger charge is -2.39. The Kier molecular flexibility index (Phi) is 6.83. The van der Waals surface area contributed by atoms with Crippen LogP contribution in [-0.2, 0) is 40.7 Å². The van der Waals surface area contributed by atoms with Gasteiger partial charge in [-0.15, -0.1) is 0 Å². The van der Waals surface area contributed by atoms with Crippen molar-refractivity contribution in [1.82, 2.24) is 9.21 Å². The van der Waals surface area contributed by atoms with Gasteiger partial charge in [-0.1, -0.05) is 24.3 Å². The number of ether oxygens (including phenoxy) is 3. The quantitative estimate of drug-likeness (QED) is 0.493. The molecule has 0 bridgehead atoms. The zero-order valence-electron chi connectivity index (χ0n) is 21.1. The molecule has 5 rings (SSSR count). The van der Waals surface area contributed by atoms with E-state index in [2.05, 4.69) is 0 Å². The van der Waals surface area contributed by atoms with Crippen molar-refractivity contribution in [3.8, 4) is 17.2 Å². The van der Waals surface area contributed by atoms with Crippen molar-refractivity contribution in [2.75, 3.05) is 27.9 Å². The van der Waals surface area contributed by atoms with E-state index in [0.29, 0.717) is 43.2 Å². The monoisotopic (exact) mass is 522 g/mol. The highest BCUT2D eigenvalue weighted by Crippen LogP contribution is 2.35. The number of nitrogens with zero attached hydrogens (tertiary/aromatic N) is 2. The lowest BCUT2D eigenvalue weighted by Crippen LogP contribution is -2.54. The molecule has 0 N–H and O–H groups in total. The van der Waals surface area contributed by atoms with Gasteiger partial charge in [-0.25, -0.2) is 8.42 Å². The molecule has 1 unspecified atom stereocenters. The minimum absolute atomic E-state index is 0.131. The van der Waals surface area contributed by atoms with Gasteiger partial charge in [0, 0.05) is 19.6 Å². The number of fused-ring (bicyclic) bond motifs is 2. The predicted octanol–water partition coefficient (Wildman–Crippen LogP) is 3.41. The van der Waals surface area contributed by atoms with Gasteiger partial charge in [-0.3, -0.25) is 4.79 Å². The van der Waals surface area contributed by atoms with Crippen LogP contribution in [-0.4, -0.2) is 57.4 Å². The summed E-state index contributed by atoms with van der Waals surface area (Å²) >= 11 is 0. The molecule has 1 amide bonds. The lowest BCUT2D eigenvalue weighted by molar-refractivity contribution is -0.136. The summed E-state index contributed by atoms with van der Waals surface area (Å²) in [5, 5.41) is 0. The van der Waals surface area contributed by atoms with E-state index in [1.807, 2.05) is 36.4 Å². The number of amides is 1. The fraction of sp³-hybridized carbons (Fsp3) is 0.321. The van der Waals surface area contributed by atoms with Gasteiger partial charge in [-0.2, -0.15) is 4.31 Å². The molecule has 0 radical (unpaired) electrons. The summed E-state index contributed by atoms with van der Waals surface area (Å²) in [6.45, 7) is 1.01. The molecule has 8 nitrogen and oxygen atoms in total. The fourth-order valence-electron chi connectivity index (χ4n) is 5.13. The highest BCUT2D eigenvalue weighted by Gasteiger charge is 2.41. The van der Waals surface area contributed by atoms with Crippen molar-refractivity contribution >= 4 is 15.9 Å². The second kappa shape index (κ2) is 10.1. The first-order chi connectivity index (χ1) is 17.8. The zero-order valence-corrected chi connectivity index (χ0v) is 22.0. The van der Waals surface area contributed by atoms with E-state index in [9.17, 15) is 13.2 Å². The van der Waals surface area contributed by atoms with Crippen molar-refractivity contribution in [3.05, 3.63) is 82.9 Å². The third-order valence-electron chi connectivity index (χ3n) is 7.19. The zero-order chi connectivity index (χ0) is 26.2. The average Bonchev–Trinajstić information content (AvgIpc) is 2.94. The average molecular weight is 523 g/mol. The van der Waals surface area contributed by atoms with Crippen LogP contribution < -0.4 is 14.2 Å². The largest absolute Gasteiger partial charge is 0.497 e. The number of hydrogen-bond donors (Lipinski definition) is 0. The summed E-state index contributed by atoms with van der Waals surface area (Å²) in [6, 6.07) is 17.0. The molecule has 0 aliphatic carbocycles. The topological polar surface area (TPSA) is 85.4 Å². The highest BCUT2D eigenvalue weighted by atomic mass is 32.2. The van der Waals surface area contributed by atoms with E-state index in [0.717, 1.165) is 22.3 Å². The van der Waals surface area contributed by atoms with Crippen molar-refractivity contribution in [3.63, 3.8) is 0 Å². The Hall–Kier alpha value is -3.56. The third kappa shape index (κ3) is 4.65. The SMILES string of the molecule is COc1ccc(S(=O)(=O)N2Cc3ccccc3CC2C(=O)N2CCc3cc(OC)c(OC)cc3C2)cc1. The van der Waals surface area contributed by atoms with Crippen LogP contribution in [0.4, 0.5) is 0 Å². The van der Waals surface area contributed by atoms with Crippen LogP contribution in [0.2, 0.25) is 0 Å². The second-order valence-corrected chi connectivity index (χ2v) is 11.1. The van der Waals surface area contributed by atoms with Gasteiger partial charge in [0.05, 0.1) is 26.2 Å². The van der Waals surface area contributed by atoms with E-state index >= 15 is 0 Å². The highest BCUT2D eigenvalue weighted by molar-refractivity contribution is 7.89. The maximum atomic E-state index is 14.0. The van der Waals surface area contributed by atoms with E-state index in [1.54, 1.807) is 31.3 Å². The lowest BCUT2D eigenvalue weighted by atomic mass is 9.93. The molecule has 2 aliphatic heterocycles. The first-order valence-corrected chi connectivity index (χ1v) is 13.5. The number of benzene rings is 3. The number of rotatable bonds is 6. The Morgan fingerprint density at radius 1 is 0.811 bits per heavy atom. The predicted molar refractivity (Wildman–Crippen MR) is 138 cm³/mol. The van der Waals surface area contributed by atoms with Crippen LogP contribution in [0.3, 0.4) is 0 Å². The summed E-state index contributed by atoms with van der Waals surface area (Å²) in [5.74, 6) is 1.62. The molecule has 0 aromatic heterocycles. The first kappa shape index (κ1) is 25.1. The molecule has 37 heavy (non-hydrogen) atoms. The molecule has 2 heterocycles. The Balaban J connectivity index is 1.48. The third-order valence-corrected chi connectivity index (χ3v) is 9.06. The van der Waals surface area contributed by atoms with Crippen molar-refractivity contribution < 1.29 is 27.4 Å². The molecule has 0 saturated heterocycles. The second-order valence-electron chi connectivity index (χ2n) is 9.20. The maximum absolute atomic E-state index is 14.0. The van der Waals surface area contributed by atoms with E-state index in [4.69, 9.17) is 14.2 Å². The van der Waals surface area contributed by atoms with Crippen LogP contribution in [0, 0.1) is 0 Å². The van der Waals surface area contributed by atoms with Crippen LogP contribution >= 0.6 is 0 Å². The Morgan fingerprint density at radius 2 is 1.46 bits per heavy atom. The van der Waals surface area contributed by atoms with Crippen molar-refractivity contribution in [2.24, 2.45) is 0 Å². The normalized spacial score (nSPS) is 17.5. The number of hydrogen-bond acceptors (Lipinski definition) is 6. The molecule has 0 spiro atoms. The summed E-state index contributed by atoms with van der Waals surface area (Å²) in [7, 11) is 0.761. The summed E-state index contributed by atoms with van der Waals surface area (Å²) < 4.78 is 45.1. The van der Waals surface area contributed by atoms with Crippen molar-refractivity contribution in [1.29, 1.82) is 0 Å². The van der Waals surface area contributed by atoms with Gasteiger partial charge in [0.15, 0.2) is 11.5 Å². The Labute approximate surface area is 217 Å². The van der Waals surface area contributed by atoms with E-state index < -0.39 is 16.1 Å². The maximum Gasteiger partial charge on any atom is 0.244 e. The minimum atomic E-state index is -3.95. The van der Waals surface area contributed by atoms with Gasteiger partial charge in [0.2, 0.25) is 15.9 Å². The van der Waals surface area contributed by atoms with Crippen molar-refractivity contribution in [2.45, 2.75) is 36.9 Å². The molecule has 194 valence electrons. The summed E-state index contributed by atoms with van der Waals surface area (Å²) in [6.07, 6.45) is 0.968. The molecule has 0 saturated carbocycles. The number of sulfonamides is 1. The molecule has 2 aliphatic rings. The Bertz CT molecular complexity index is 1420. The molecule has 0 fully saturated rings. The fourth-order valence-corrected chi connectivity index (χ4v) is 6.69. The number of methoxy groups -OCH3 is 3. The van der Waals surface area contributed by atoms with Gasteiger partial charge in [0.1, 0.15) is 11.8 Å². The molecule has 1 atom stereocenters. The van der Waals surface area contributed by atoms with Crippen LogP contribution in [0.15, 0.2) is 65.6 Å². The van der Waals surface area contributed by atoms with E-state index in [-0.39, 0.29) is 17.3 Å². The molecule has 3 aromatic carbocycles. The van der Waals surface area contributed by atoms with Gasteiger partial charge >= 0.3 is 0 Å². The number of carbonyl (C=O) groups excluding carboxylic acids is 1. The van der Waals surface area contributed by atoms with Crippen LogP contribution in [0.1, 0.15) is 22.3 Å². The molecular weight excluding hydrogens is 492 g/mol. The minimum Gasteiger partial charge on any atom is -0.497 e. The molecule has 9 heteroatoms. The first-order valence-electron chi connectivity index (χ1n) is 12.1. The molecule has 3 aromatic rings. The number of carbonyl (C=O) groups is 1. The van der Waals surface area contributed by atoms with E-state index in [1.165, 1.54) is 23.5 Å². The Morgan fingerprint density at radius 3 is 2.11 bits per heavy atom. The summed E-state index contributed by atoms with van der Waals surface area (Å²) in [4.78, 5) is 15.9. The summed E-state index contributed by atoms with van der Waals surface area (Å²) in [5.41, 5.74) is 3.96. The van der Waals surface area contributed by atoms with Gasteiger partial charge in [-0.05, 0) is 71.5 Å². The van der Waals surface area contributed by atoms with Crippen LogP contribution in [0.25, 0.3) is 0 Å².